The lowest BCUT2D eigenvalue weighted by Gasteiger charge is -2.38. The van der Waals surface area contributed by atoms with Gasteiger partial charge in [0.25, 0.3) is 0 Å². The highest BCUT2D eigenvalue weighted by atomic mass is 16.6. The maximum atomic E-state index is 12.8. The molecule has 7 heteroatoms. The van der Waals surface area contributed by atoms with Crippen LogP contribution in [0, 0.1) is 0 Å². The maximum Gasteiger partial charge on any atom is 0.410 e. The van der Waals surface area contributed by atoms with Gasteiger partial charge >= 0.3 is 6.09 Å². The number of rotatable bonds is 4. The van der Waals surface area contributed by atoms with E-state index in [-0.39, 0.29) is 30.2 Å². The molecular weight excluding hydrogens is 348 g/mol. The Morgan fingerprint density at radius 2 is 2.04 bits per heavy atom. The monoisotopic (exact) mass is 378 g/mol. The molecule has 2 amide bonds. The molecule has 2 rings (SSSR count). The molecule has 1 fully saturated rings. The first-order valence-corrected chi connectivity index (χ1v) is 9.20. The Hall–Kier alpha value is -2.44. The van der Waals surface area contributed by atoms with E-state index in [1.165, 1.54) is 13.2 Å². The van der Waals surface area contributed by atoms with Crippen LogP contribution in [0.4, 0.5) is 4.79 Å². The van der Waals surface area contributed by atoms with Crippen molar-refractivity contribution >= 4 is 12.0 Å². The van der Waals surface area contributed by atoms with Gasteiger partial charge in [-0.1, -0.05) is 0 Å². The van der Waals surface area contributed by atoms with Gasteiger partial charge in [0.1, 0.15) is 17.1 Å². The molecular formula is C20H30N2O5. The fourth-order valence-electron chi connectivity index (χ4n) is 3.16. The summed E-state index contributed by atoms with van der Waals surface area (Å²) in [5.41, 5.74) is 0.0894. The second-order valence-corrected chi connectivity index (χ2v) is 7.90. The van der Waals surface area contributed by atoms with Crippen LogP contribution < -0.4 is 4.74 Å². The molecule has 1 aromatic carbocycles. The molecule has 1 saturated heterocycles. The highest BCUT2D eigenvalue weighted by molar-refractivity contribution is 5.80. The molecule has 0 bridgehead atoms. The lowest BCUT2D eigenvalue weighted by atomic mass is 10.0. The summed E-state index contributed by atoms with van der Waals surface area (Å²) in [5.74, 6) is 0.613. The first-order chi connectivity index (χ1) is 12.6. The number of phenols is 1. The van der Waals surface area contributed by atoms with Gasteiger partial charge in [-0.05, 0) is 51.8 Å². The number of ether oxygens (including phenoxy) is 2. The van der Waals surface area contributed by atoms with Gasteiger partial charge in [0.15, 0.2) is 0 Å². The van der Waals surface area contributed by atoms with E-state index < -0.39 is 5.60 Å². The zero-order valence-electron chi connectivity index (χ0n) is 16.8. The SMILES string of the molecule is COc1ccc(O)cc1CC(=O)N1CCC[C@@H](N(C)C(=O)OC(C)(C)C)C1. The van der Waals surface area contributed by atoms with Crippen LogP contribution in [0.5, 0.6) is 11.5 Å². The van der Waals surface area contributed by atoms with Crippen molar-refractivity contribution in [1.29, 1.82) is 0 Å². The summed E-state index contributed by atoms with van der Waals surface area (Å²) in [6.45, 7) is 6.61. The molecule has 1 aromatic rings. The Morgan fingerprint density at radius 1 is 1.33 bits per heavy atom. The standard InChI is InChI=1S/C20H30N2O5/c1-20(2,3)27-19(25)21(4)15-7-6-10-22(13-15)18(24)12-14-11-16(23)8-9-17(14)26-5/h8-9,11,15,23H,6-7,10,12-13H2,1-5H3/t15-/m1/s1. The van der Waals surface area contributed by atoms with Gasteiger partial charge in [-0.2, -0.15) is 0 Å². The Kier molecular flexibility index (Phi) is 6.57. The number of nitrogens with zero attached hydrogens (tertiary/aromatic N) is 2. The van der Waals surface area contributed by atoms with Gasteiger partial charge in [-0.3, -0.25) is 4.79 Å². The summed E-state index contributed by atoms with van der Waals surface area (Å²) < 4.78 is 10.7. The van der Waals surface area contributed by atoms with Crippen molar-refractivity contribution in [3.8, 4) is 11.5 Å². The molecule has 0 radical (unpaired) electrons. The Morgan fingerprint density at radius 3 is 2.67 bits per heavy atom. The van der Waals surface area contributed by atoms with E-state index >= 15 is 0 Å². The summed E-state index contributed by atoms with van der Waals surface area (Å²) in [6.07, 6.45) is 1.41. The first kappa shape index (κ1) is 20.9. The zero-order valence-corrected chi connectivity index (χ0v) is 16.8. The first-order valence-electron chi connectivity index (χ1n) is 9.20. The van der Waals surface area contributed by atoms with Gasteiger partial charge in [0.05, 0.1) is 19.6 Å². The number of carbonyl (C=O) groups excluding carboxylic acids is 2. The molecule has 0 aromatic heterocycles. The van der Waals surface area contributed by atoms with Crippen LogP contribution >= 0.6 is 0 Å². The Labute approximate surface area is 160 Å². The van der Waals surface area contributed by atoms with Crippen molar-refractivity contribution in [2.45, 2.75) is 51.7 Å². The van der Waals surface area contributed by atoms with E-state index in [9.17, 15) is 14.7 Å². The Bertz CT molecular complexity index is 683. The summed E-state index contributed by atoms with van der Waals surface area (Å²) in [6, 6.07) is 4.64. The van der Waals surface area contributed by atoms with Gasteiger partial charge in [-0.25, -0.2) is 4.79 Å². The van der Waals surface area contributed by atoms with Gasteiger partial charge in [0.2, 0.25) is 5.91 Å². The number of likely N-dealkylation sites (tertiary alicyclic amines) is 1. The number of likely N-dealkylation sites (N-methyl/N-ethyl adjacent to an activating group) is 1. The largest absolute Gasteiger partial charge is 0.508 e. The van der Waals surface area contributed by atoms with Crippen molar-refractivity contribution < 1.29 is 24.2 Å². The van der Waals surface area contributed by atoms with Crippen molar-refractivity contribution in [3.05, 3.63) is 23.8 Å². The van der Waals surface area contributed by atoms with Crippen molar-refractivity contribution in [2.24, 2.45) is 0 Å². The minimum Gasteiger partial charge on any atom is -0.508 e. The number of methoxy groups -OCH3 is 1. The number of phenolic OH excluding ortho intramolecular Hbond substituents is 1. The molecule has 1 heterocycles. The second kappa shape index (κ2) is 8.50. The highest BCUT2D eigenvalue weighted by Gasteiger charge is 2.31. The predicted molar refractivity (Wildman–Crippen MR) is 102 cm³/mol. The van der Waals surface area contributed by atoms with Crippen molar-refractivity contribution in [2.75, 3.05) is 27.2 Å². The minimum absolute atomic E-state index is 0.0545. The third-order valence-electron chi connectivity index (χ3n) is 4.58. The second-order valence-electron chi connectivity index (χ2n) is 7.90. The predicted octanol–water partition coefficient (Wildman–Crippen LogP) is 2.80. The summed E-state index contributed by atoms with van der Waals surface area (Å²) >= 11 is 0. The van der Waals surface area contributed by atoms with Crippen LogP contribution in [0.2, 0.25) is 0 Å². The molecule has 0 unspecified atom stereocenters. The normalized spacial score (nSPS) is 17.4. The van der Waals surface area contributed by atoms with E-state index in [1.807, 2.05) is 20.8 Å². The van der Waals surface area contributed by atoms with Crippen LogP contribution in [-0.2, 0) is 16.0 Å². The molecule has 1 aliphatic heterocycles. The lowest BCUT2D eigenvalue weighted by molar-refractivity contribution is -0.132. The smallest absolute Gasteiger partial charge is 0.410 e. The third kappa shape index (κ3) is 5.77. The number of hydrogen-bond donors (Lipinski definition) is 1. The van der Waals surface area contributed by atoms with E-state index in [1.54, 1.807) is 29.0 Å². The average molecular weight is 378 g/mol. The third-order valence-corrected chi connectivity index (χ3v) is 4.58. The molecule has 0 aliphatic carbocycles. The number of amides is 2. The van der Waals surface area contributed by atoms with Crippen LogP contribution in [0.25, 0.3) is 0 Å². The number of benzene rings is 1. The van der Waals surface area contributed by atoms with E-state index in [2.05, 4.69) is 0 Å². The highest BCUT2D eigenvalue weighted by Crippen LogP contribution is 2.25. The van der Waals surface area contributed by atoms with E-state index in [0.29, 0.717) is 24.4 Å². The zero-order chi connectivity index (χ0) is 20.2. The number of aromatic hydroxyl groups is 1. The molecule has 7 nitrogen and oxygen atoms in total. The molecule has 1 N–H and O–H groups in total. The van der Waals surface area contributed by atoms with Crippen LogP contribution in [-0.4, -0.2) is 65.8 Å². The average Bonchev–Trinajstić information content (AvgIpc) is 2.60. The number of hydrogen-bond acceptors (Lipinski definition) is 5. The summed E-state index contributed by atoms with van der Waals surface area (Å²) in [5, 5.41) is 9.69. The van der Waals surface area contributed by atoms with Crippen LogP contribution in [0.15, 0.2) is 18.2 Å². The molecule has 0 spiro atoms. The molecule has 150 valence electrons. The lowest BCUT2D eigenvalue weighted by Crippen LogP contribution is -2.51. The molecule has 27 heavy (non-hydrogen) atoms. The maximum absolute atomic E-state index is 12.8. The quantitative estimate of drug-likeness (QED) is 0.872. The fourth-order valence-corrected chi connectivity index (χ4v) is 3.16. The molecule has 1 aliphatic rings. The molecule has 1 atom stereocenters. The minimum atomic E-state index is -0.554. The van der Waals surface area contributed by atoms with Crippen LogP contribution in [0.3, 0.4) is 0 Å². The van der Waals surface area contributed by atoms with Gasteiger partial charge in [-0.15, -0.1) is 0 Å². The summed E-state index contributed by atoms with van der Waals surface area (Å²) in [4.78, 5) is 28.4. The Balaban J connectivity index is 2.02. The van der Waals surface area contributed by atoms with Crippen LogP contribution in [0.1, 0.15) is 39.2 Å². The van der Waals surface area contributed by atoms with Gasteiger partial charge in [0, 0.05) is 25.7 Å². The molecule has 0 saturated carbocycles. The van der Waals surface area contributed by atoms with E-state index in [0.717, 1.165) is 12.8 Å². The van der Waals surface area contributed by atoms with E-state index in [4.69, 9.17) is 9.47 Å². The topological polar surface area (TPSA) is 79.3 Å². The van der Waals surface area contributed by atoms with Crippen molar-refractivity contribution in [1.82, 2.24) is 9.80 Å². The number of carbonyl (C=O) groups is 2. The fraction of sp³-hybridized carbons (Fsp3) is 0.600. The summed E-state index contributed by atoms with van der Waals surface area (Å²) in [7, 11) is 3.25. The van der Waals surface area contributed by atoms with Gasteiger partial charge < -0.3 is 24.4 Å². The number of piperidine rings is 1. The van der Waals surface area contributed by atoms with Crippen molar-refractivity contribution in [3.63, 3.8) is 0 Å².